The largest absolute Gasteiger partial charge is 0.389 e. The first-order chi connectivity index (χ1) is 8.27. The summed E-state index contributed by atoms with van der Waals surface area (Å²) in [6, 6.07) is 4.25. The molecule has 0 aromatic heterocycles. The second-order valence-corrected chi connectivity index (χ2v) is 6.47. The molecule has 1 atom stereocenters. The molecule has 1 rings (SSSR count). The number of rotatable bonds is 5. The van der Waals surface area contributed by atoms with Crippen LogP contribution in [0.25, 0.3) is 0 Å². The standard InChI is InChI=1S/C11H15ClN2O2S2/c1-3-7(2)14-18(15,16)10-5-4-8(11(13)17)6-9(10)12/h4-7,14H,3H2,1-2H3,(H2,13,17). The van der Waals surface area contributed by atoms with Gasteiger partial charge in [-0.2, -0.15) is 0 Å². The van der Waals surface area contributed by atoms with Gasteiger partial charge in [0.25, 0.3) is 0 Å². The van der Waals surface area contributed by atoms with Crippen molar-refractivity contribution >= 4 is 38.8 Å². The summed E-state index contributed by atoms with van der Waals surface area (Å²) < 4.78 is 26.6. The van der Waals surface area contributed by atoms with Gasteiger partial charge in [-0.25, -0.2) is 13.1 Å². The van der Waals surface area contributed by atoms with Crippen LogP contribution in [0.1, 0.15) is 25.8 Å². The third-order valence-corrected chi connectivity index (χ3v) is 4.78. The summed E-state index contributed by atoms with van der Waals surface area (Å²) in [5.74, 6) is 0. The van der Waals surface area contributed by atoms with E-state index in [0.717, 1.165) is 0 Å². The molecule has 18 heavy (non-hydrogen) atoms. The Labute approximate surface area is 118 Å². The van der Waals surface area contributed by atoms with E-state index in [1.807, 2.05) is 6.92 Å². The van der Waals surface area contributed by atoms with E-state index in [4.69, 9.17) is 29.6 Å². The van der Waals surface area contributed by atoms with E-state index in [1.54, 1.807) is 13.0 Å². The fraction of sp³-hybridized carbons (Fsp3) is 0.364. The van der Waals surface area contributed by atoms with E-state index in [9.17, 15) is 8.42 Å². The number of thiocarbonyl (C=S) groups is 1. The van der Waals surface area contributed by atoms with Crippen molar-refractivity contribution in [3.8, 4) is 0 Å². The van der Waals surface area contributed by atoms with Gasteiger partial charge < -0.3 is 5.73 Å². The van der Waals surface area contributed by atoms with Gasteiger partial charge in [-0.15, -0.1) is 0 Å². The molecule has 0 fully saturated rings. The van der Waals surface area contributed by atoms with Crippen molar-refractivity contribution < 1.29 is 8.42 Å². The van der Waals surface area contributed by atoms with Crippen molar-refractivity contribution in [3.05, 3.63) is 28.8 Å². The number of nitrogens with two attached hydrogens (primary N) is 1. The zero-order chi connectivity index (χ0) is 13.9. The first-order valence-electron chi connectivity index (χ1n) is 5.39. The lowest BCUT2D eigenvalue weighted by Gasteiger charge is -2.13. The molecule has 0 bridgehead atoms. The lowest BCUT2D eigenvalue weighted by Crippen LogP contribution is -2.32. The molecule has 1 aromatic rings. The first-order valence-corrected chi connectivity index (χ1v) is 7.66. The Morgan fingerprint density at radius 2 is 2.17 bits per heavy atom. The number of benzene rings is 1. The Kier molecular flexibility index (Phi) is 5.10. The number of sulfonamides is 1. The third-order valence-electron chi connectivity index (χ3n) is 2.47. The Morgan fingerprint density at radius 1 is 1.56 bits per heavy atom. The van der Waals surface area contributed by atoms with E-state index < -0.39 is 10.0 Å². The van der Waals surface area contributed by atoms with Gasteiger partial charge in [0.1, 0.15) is 9.88 Å². The summed E-state index contributed by atoms with van der Waals surface area (Å²) >= 11 is 10.8. The van der Waals surface area contributed by atoms with Crippen LogP contribution in [0.4, 0.5) is 0 Å². The molecule has 100 valence electrons. The van der Waals surface area contributed by atoms with Crippen molar-refractivity contribution in [1.29, 1.82) is 0 Å². The molecule has 0 aliphatic heterocycles. The molecule has 0 saturated heterocycles. The van der Waals surface area contributed by atoms with Gasteiger partial charge in [0.2, 0.25) is 10.0 Å². The molecule has 3 N–H and O–H groups in total. The van der Waals surface area contributed by atoms with Crippen LogP contribution in [0.2, 0.25) is 5.02 Å². The van der Waals surface area contributed by atoms with Gasteiger partial charge in [-0.1, -0.05) is 36.8 Å². The zero-order valence-electron chi connectivity index (χ0n) is 10.1. The van der Waals surface area contributed by atoms with E-state index in [-0.39, 0.29) is 20.9 Å². The summed E-state index contributed by atoms with van der Waals surface area (Å²) in [7, 11) is -3.61. The van der Waals surface area contributed by atoms with Gasteiger partial charge in [-0.3, -0.25) is 0 Å². The van der Waals surface area contributed by atoms with E-state index >= 15 is 0 Å². The summed E-state index contributed by atoms with van der Waals surface area (Å²) in [5, 5.41) is 0.108. The van der Waals surface area contributed by atoms with Gasteiger partial charge in [-0.05, 0) is 25.5 Å². The molecular weight excluding hydrogens is 292 g/mol. The molecule has 0 saturated carbocycles. The van der Waals surface area contributed by atoms with Crippen LogP contribution in [-0.2, 0) is 10.0 Å². The highest BCUT2D eigenvalue weighted by Gasteiger charge is 2.20. The topological polar surface area (TPSA) is 72.2 Å². The molecule has 0 radical (unpaired) electrons. The predicted octanol–water partition coefficient (Wildman–Crippen LogP) is 2.05. The minimum absolute atomic E-state index is 0.0319. The summed E-state index contributed by atoms with van der Waals surface area (Å²) in [5.41, 5.74) is 5.99. The van der Waals surface area contributed by atoms with Crippen LogP contribution < -0.4 is 10.5 Å². The highest BCUT2D eigenvalue weighted by Crippen LogP contribution is 2.23. The van der Waals surface area contributed by atoms with Gasteiger partial charge in [0.15, 0.2) is 0 Å². The van der Waals surface area contributed by atoms with Gasteiger partial charge in [0.05, 0.1) is 5.02 Å². The van der Waals surface area contributed by atoms with Crippen molar-refractivity contribution in [3.63, 3.8) is 0 Å². The average Bonchev–Trinajstić information content (AvgIpc) is 2.27. The molecule has 0 spiro atoms. The number of hydrogen-bond donors (Lipinski definition) is 2. The minimum atomic E-state index is -3.61. The van der Waals surface area contributed by atoms with E-state index in [0.29, 0.717) is 12.0 Å². The number of hydrogen-bond acceptors (Lipinski definition) is 3. The number of nitrogens with one attached hydrogen (secondary N) is 1. The second kappa shape index (κ2) is 5.97. The molecule has 0 aliphatic carbocycles. The fourth-order valence-electron chi connectivity index (χ4n) is 1.28. The Morgan fingerprint density at radius 3 is 2.61 bits per heavy atom. The lowest BCUT2D eigenvalue weighted by molar-refractivity contribution is 0.556. The van der Waals surface area contributed by atoms with Crippen LogP contribution in [0.3, 0.4) is 0 Å². The zero-order valence-corrected chi connectivity index (χ0v) is 12.5. The van der Waals surface area contributed by atoms with Crippen molar-refractivity contribution in [1.82, 2.24) is 4.72 Å². The summed E-state index contributed by atoms with van der Waals surface area (Å²) in [6.07, 6.45) is 0.696. The van der Waals surface area contributed by atoms with Gasteiger partial charge in [0, 0.05) is 11.6 Å². The molecule has 1 aromatic carbocycles. The highest BCUT2D eigenvalue weighted by atomic mass is 35.5. The maximum atomic E-state index is 12.0. The first kappa shape index (κ1) is 15.4. The van der Waals surface area contributed by atoms with E-state index in [2.05, 4.69) is 4.72 Å². The van der Waals surface area contributed by atoms with Crippen LogP contribution in [0.5, 0.6) is 0 Å². The average molecular weight is 307 g/mol. The SMILES string of the molecule is CCC(C)NS(=O)(=O)c1ccc(C(N)=S)cc1Cl. The van der Waals surface area contributed by atoms with Crippen LogP contribution in [0.15, 0.2) is 23.1 Å². The molecular formula is C11H15ClN2O2S2. The fourth-order valence-corrected chi connectivity index (χ4v) is 3.28. The smallest absolute Gasteiger partial charge is 0.242 e. The Bertz CT molecular complexity index is 558. The predicted molar refractivity (Wildman–Crippen MR) is 77.4 cm³/mol. The maximum absolute atomic E-state index is 12.0. The lowest BCUT2D eigenvalue weighted by atomic mass is 10.2. The van der Waals surface area contributed by atoms with Crippen LogP contribution in [0, 0.1) is 0 Å². The van der Waals surface area contributed by atoms with Crippen molar-refractivity contribution in [2.24, 2.45) is 5.73 Å². The van der Waals surface area contributed by atoms with Crippen LogP contribution in [-0.4, -0.2) is 19.4 Å². The van der Waals surface area contributed by atoms with Crippen molar-refractivity contribution in [2.45, 2.75) is 31.2 Å². The quantitative estimate of drug-likeness (QED) is 0.817. The van der Waals surface area contributed by atoms with E-state index in [1.165, 1.54) is 12.1 Å². The molecule has 7 heteroatoms. The molecule has 4 nitrogen and oxygen atoms in total. The molecule has 0 amide bonds. The van der Waals surface area contributed by atoms with Crippen LogP contribution >= 0.6 is 23.8 Å². The molecule has 1 unspecified atom stereocenters. The monoisotopic (exact) mass is 306 g/mol. The normalized spacial score (nSPS) is 13.3. The molecule has 0 aliphatic rings. The molecule has 0 heterocycles. The minimum Gasteiger partial charge on any atom is -0.389 e. The number of halogens is 1. The Balaban J connectivity index is 3.14. The third kappa shape index (κ3) is 3.65. The highest BCUT2D eigenvalue weighted by molar-refractivity contribution is 7.89. The maximum Gasteiger partial charge on any atom is 0.242 e. The second-order valence-electron chi connectivity index (χ2n) is 3.94. The summed E-state index contributed by atoms with van der Waals surface area (Å²) in [6.45, 7) is 3.68. The van der Waals surface area contributed by atoms with Gasteiger partial charge >= 0.3 is 0 Å². The van der Waals surface area contributed by atoms with Crippen molar-refractivity contribution in [2.75, 3.05) is 0 Å². The Hall–Kier alpha value is -0.690. The summed E-state index contributed by atoms with van der Waals surface area (Å²) in [4.78, 5) is 0.209.